The Balaban J connectivity index is 4.43. The maximum absolute atomic E-state index is 12.9. The highest BCUT2D eigenvalue weighted by Crippen LogP contribution is 2.43. The monoisotopic (exact) mass is 938 g/mol. The number of aliphatic hydroxyl groups excluding tert-OH is 1. The largest absolute Gasteiger partial charge is 0.472 e. The third-order valence-corrected chi connectivity index (χ3v) is 11.6. The van der Waals surface area contributed by atoms with Crippen molar-refractivity contribution < 1.29 is 32.9 Å². The van der Waals surface area contributed by atoms with Gasteiger partial charge in [0.2, 0.25) is 5.91 Å². The molecule has 0 aliphatic heterocycles. The highest BCUT2D eigenvalue weighted by atomic mass is 31.2. The summed E-state index contributed by atoms with van der Waals surface area (Å²) in [5, 5.41) is 13.8. The number of quaternary nitrogens is 1. The molecule has 0 saturated carbocycles. The van der Waals surface area contributed by atoms with E-state index in [1.165, 1.54) is 51.4 Å². The van der Waals surface area contributed by atoms with Gasteiger partial charge in [0, 0.05) is 6.42 Å². The first kappa shape index (κ1) is 62.9. The first-order valence-electron chi connectivity index (χ1n) is 25.9. The Labute approximate surface area is 405 Å². The van der Waals surface area contributed by atoms with E-state index in [1.807, 2.05) is 27.2 Å². The zero-order chi connectivity index (χ0) is 48.5. The average molecular weight is 938 g/mol. The van der Waals surface area contributed by atoms with Gasteiger partial charge in [-0.25, -0.2) is 4.57 Å². The number of unbranched alkanes of at least 4 members (excludes halogenated alkanes) is 14. The van der Waals surface area contributed by atoms with Crippen LogP contribution in [-0.4, -0.2) is 73.4 Å². The lowest BCUT2D eigenvalue weighted by Crippen LogP contribution is -2.45. The van der Waals surface area contributed by atoms with E-state index in [9.17, 15) is 19.4 Å². The number of likely N-dealkylation sites (N-methyl/N-ethyl adjacent to an activating group) is 1. The Morgan fingerprint density at radius 1 is 0.530 bits per heavy atom. The second kappa shape index (κ2) is 47.0. The molecule has 0 aromatic rings. The molecule has 0 rings (SSSR count). The van der Waals surface area contributed by atoms with Crippen LogP contribution in [-0.2, 0) is 18.4 Å². The second-order valence-electron chi connectivity index (χ2n) is 18.1. The molecule has 3 atom stereocenters. The van der Waals surface area contributed by atoms with Gasteiger partial charge >= 0.3 is 7.82 Å². The zero-order valence-electron chi connectivity index (χ0n) is 42.6. The number of hydrogen-bond acceptors (Lipinski definition) is 5. The Morgan fingerprint density at radius 3 is 1.39 bits per heavy atom. The predicted molar refractivity (Wildman–Crippen MR) is 285 cm³/mol. The molecule has 0 heterocycles. The van der Waals surface area contributed by atoms with Gasteiger partial charge in [0.1, 0.15) is 13.2 Å². The molecule has 1 amide bonds. The lowest BCUT2D eigenvalue weighted by molar-refractivity contribution is -0.870. The van der Waals surface area contributed by atoms with Gasteiger partial charge in [-0.3, -0.25) is 13.8 Å². The average Bonchev–Trinajstić information content (AvgIpc) is 3.28. The van der Waals surface area contributed by atoms with E-state index in [1.54, 1.807) is 6.08 Å². The van der Waals surface area contributed by atoms with Crippen molar-refractivity contribution in [1.82, 2.24) is 5.32 Å². The van der Waals surface area contributed by atoms with Gasteiger partial charge in [0.15, 0.2) is 0 Å². The molecular formula is C57H98N2O6P+. The summed E-state index contributed by atoms with van der Waals surface area (Å²) in [5.41, 5.74) is 0. The molecule has 66 heavy (non-hydrogen) atoms. The maximum atomic E-state index is 12.9. The number of phosphoric acid groups is 1. The smallest absolute Gasteiger partial charge is 0.387 e. The fourth-order valence-corrected chi connectivity index (χ4v) is 7.32. The number of rotatable bonds is 45. The number of aliphatic hydroxyl groups is 1. The molecule has 0 saturated heterocycles. The standard InChI is InChI=1S/C57H97N2O6P/c1-6-8-10-12-14-16-18-20-22-24-25-26-27-28-29-30-31-32-33-35-37-39-41-43-45-47-49-51-57(61)58-55(54-65-66(62,63)64-53-52-59(3,4)5)56(60)50-48-46-44-42-40-38-36-34-23-21-19-17-15-13-11-9-7-2/h8,10,14,16,20,22-23,25-26,28-29,31-32,34-35,37,40,42,48,50,55-56,60H,6-7,9,11-13,15,17-19,21,24,27,30,33,36,38-39,41,43-47,49,51-54H2,1-5H3,(H-,58,61,62,63)/p+1/b10-8-,16-14-,22-20-,26-25-,29-28-,32-31-,34-23+,37-35-,42-40+,50-48+. The van der Waals surface area contributed by atoms with Crippen LogP contribution >= 0.6 is 7.82 Å². The number of nitrogens with zero attached hydrogens (tertiary/aromatic N) is 1. The minimum Gasteiger partial charge on any atom is -0.387 e. The first-order chi connectivity index (χ1) is 32.0. The lowest BCUT2D eigenvalue weighted by Gasteiger charge is -2.25. The van der Waals surface area contributed by atoms with Crippen LogP contribution in [0.25, 0.3) is 0 Å². The fourth-order valence-electron chi connectivity index (χ4n) is 6.58. The van der Waals surface area contributed by atoms with Crippen LogP contribution in [0.5, 0.6) is 0 Å². The van der Waals surface area contributed by atoms with Crippen LogP contribution in [0.2, 0.25) is 0 Å². The third-order valence-electron chi connectivity index (χ3n) is 10.6. The first-order valence-corrected chi connectivity index (χ1v) is 27.4. The second-order valence-corrected chi connectivity index (χ2v) is 19.6. The Morgan fingerprint density at radius 2 is 0.924 bits per heavy atom. The van der Waals surface area contributed by atoms with Crippen molar-refractivity contribution in [3.8, 4) is 0 Å². The molecule has 0 aliphatic rings. The van der Waals surface area contributed by atoms with Crippen molar-refractivity contribution in [3.05, 3.63) is 122 Å². The number of nitrogens with one attached hydrogen (secondary N) is 1. The highest BCUT2D eigenvalue weighted by molar-refractivity contribution is 7.47. The summed E-state index contributed by atoms with van der Waals surface area (Å²) < 4.78 is 23.6. The van der Waals surface area contributed by atoms with Crippen LogP contribution in [0.3, 0.4) is 0 Å². The molecule has 9 heteroatoms. The molecule has 376 valence electrons. The number of carbonyl (C=O) groups is 1. The molecule has 0 fully saturated rings. The normalized spacial score (nSPS) is 15.1. The Kier molecular flexibility index (Phi) is 44.8. The number of amides is 1. The van der Waals surface area contributed by atoms with Crippen LogP contribution in [0.1, 0.15) is 181 Å². The summed E-state index contributed by atoms with van der Waals surface area (Å²) in [6.45, 7) is 4.62. The van der Waals surface area contributed by atoms with Crippen LogP contribution in [0, 0.1) is 0 Å². The summed E-state index contributed by atoms with van der Waals surface area (Å²) >= 11 is 0. The van der Waals surface area contributed by atoms with E-state index in [2.05, 4.69) is 129 Å². The van der Waals surface area contributed by atoms with Gasteiger partial charge in [0.25, 0.3) is 0 Å². The maximum Gasteiger partial charge on any atom is 0.472 e. The Bertz CT molecular complexity index is 1480. The number of allylic oxidation sites excluding steroid dienone is 19. The quantitative estimate of drug-likeness (QED) is 0.0243. The van der Waals surface area contributed by atoms with Gasteiger partial charge < -0.3 is 19.8 Å². The zero-order valence-corrected chi connectivity index (χ0v) is 43.5. The van der Waals surface area contributed by atoms with Crippen molar-refractivity contribution >= 4 is 13.7 Å². The van der Waals surface area contributed by atoms with Crippen molar-refractivity contribution in [2.45, 2.75) is 193 Å². The third kappa shape index (κ3) is 48.8. The van der Waals surface area contributed by atoms with E-state index in [-0.39, 0.29) is 19.1 Å². The van der Waals surface area contributed by atoms with Crippen molar-refractivity contribution in [1.29, 1.82) is 0 Å². The van der Waals surface area contributed by atoms with Gasteiger partial charge in [-0.2, -0.15) is 0 Å². The number of phosphoric ester groups is 1. The van der Waals surface area contributed by atoms with Gasteiger partial charge in [-0.15, -0.1) is 0 Å². The van der Waals surface area contributed by atoms with Gasteiger partial charge in [-0.05, 0) is 103 Å². The van der Waals surface area contributed by atoms with Crippen LogP contribution in [0.4, 0.5) is 0 Å². The van der Waals surface area contributed by atoms with E-state index in [0.717, 1.165) is 109 Å². The van der Waals surface area contributed by atoms with E-state index in [4.69, 9.17) is 9.05 Å². The molecule has 8 nitrogen and oxygen atoms in total. The summed E-state index contributed by atoms with van der Waals surface area (Å²) in [7, 11) is 1.51. The highest BCUT2D eigenvalue weighted by Gasteiger charge is 2.27. The summed E-state index contributed by atoms with van der Waals surface area (Å²) in [4.78, 5) is 23.2. The van der Waals surface area contributed by atoms with Gasteiger partial charge in [0.05, 0.1) is 39.9 Å². The van der Waals surface area contributed by atoms with E-state index < -0.39 is 20.0 Å². The van der Waals surface area contributed by atoms with Crippen LogP contribution in [0.15, 0.2) is 122 Å². The molecule has 0 aromatic carbocycles. The summed E-state index contributed by atoms with van der Waals surface area (Å²) in [5.74, 6) is -0.216. The van der Waals surface area contributed by atoms with Gasteiger partial charge in [-0.1, -0.05) is 193 Å². The van der Waals surface area contributed by atoms with Crippen molar-refractivity contribution in [2.75, 3.05) is 40.9 Å². The minimum atomic E-state index is -4.37. The van der Waals surface area contributed by atoms with E-state index in [0.29, 0.717) is 17.4 Å². The summed E-state index contributed by atoms with van der Waals surface area (Å²) in [6, 6.07) is -0.890. The molecule has 0 radical (unpaired) electrons. The SMILES string of the molecule is CC/C=C\C/C=C\C/C=C\C/C=C\C/C=C\C/C=C\C/C=C\CCCCCCCC(=O)NC(COP(=O)(O)OCC[N+](C)(C)C)C(O)/C=C/CC/C=C/CC/C=C/CCCCCCCCC. The Hall–Kier alpha value is -3.10. The topological polar surface area (TPSA) is 105 Å². The molecule has 0 bridgehead atoms. The molecule has 0 spiro atoms. The predicted octanol–water partition coefficient (Wildman–Crippen LogP) is 15.4. The number of carbonyl (C=O) groups excluding carboxylic acids is 1. The molecule has 3 N–H and O–H groups in total. The van der Waals surface area contributed by atoms with Crippen molar-refractivity contribution in [2.24, 2.45) is 0 Å². The number of hydrogen-bond donors (Lipinski definition) is 3. The van der Waals surface area contributed by atoms with E-state index >= 15 is 0 Å². The fraction of sp³-hybridized carbons (Fsp3) is 0.632. The van der Waals surface area contributed by atoms with Crippen molar-refractivity contribution in [3.63, 3.8) is 0 Å². The molecule has 0 aliphatic carbocycles. The molecular weight excluding hydrogens is 840 g/mol. The summed E-state index contributed by atoms with van der Waals surface area (Å²) in [6.07, 6.45) is 69.9. The van der Waals surface area contributed by atoms with Crippen LogP contribution < -0.4 is 5.32 Å². The molecule has 3 unspecified atom stereocenters. The molecule has 0 aromatic heterocycles. The minimum absolute atomic E-state index is 0.0421. The lowest BCUT2D eigenvalue weighted by atomic mass is 10.1.